The molecule has 118 valence electrons. The molecular weight excluding hydrogens is 290 g/mol. The van der Waals surface area contributed by atoms with Gasteiger partial charge >= 0.3 is 6.36 Å². The summed E-state index contributed by atoms with van der Waals surface area (Å²) in [5.74, 6) is -2.96. The van der Waals surface area contributed by atoms with Gasteiger partial charge in [-0.1, -0.05) is 19.9 Å². The quantitative estimate of drug-likeness (QED) is 0.819. The molecule has 0 spiro atoms. The van der Waals surface area contributed by atoms with Gasteiger partial charge in [0, 0.05) is 12.6 Å². The molecule has 1 atom stereocenters. The number of hydrogen-bond donors (Lipinski definition) is 1. The summed E-state index contributed by atoms with van der Waals surface area (Å²) in [6.07, 6.45) is -4.98. The normalized spacial score (nSPS) is 13.3. The molecule has 0 aliphatic rings. The van der Waals surface area contributed by atoms with E-state index in [1.807, 2.05) is 13.8 Å². The fourth-order valence-electron chi connectivity index (χ4n) is 1.79. The fraction of sp³-hybridized carbons (Fsp3) is 0.500. The summed E-state index contributed by atoms with van der Waals surface area (Å²) >= 11 is 0. The van der Waals surface area contributed by atoms with Crippen LogP contribution in [0.4, 0.5) is 17.6 Å². The van der Waals surface area contributed by atoms with Crippen molar-refractivity contribution in [2.24, 2.45) is 0 Å². The Morgan fingerprint density at radius 2 is 1.95 bits per heavy atom. The van der Waals surface area contributed by atoms with E-state index in [9.17, 15) is 22.4 Å². The Labute approximate surface area is 120 Å². The van der Waals surface area contributed by atoms with Gasteiger partial charge in [0.25, 0.3) is 0 Å². The maximum Gasteiger partial charge on any atom is 0.573 e. The second kappa shape index (κ2) is 6.89. The van der Waals surface area contributed by atoms with Crippen LogP contribution in [0, 0.1) is 5.82 Å². The van der Waals surface area contributed by atoms with Crippen LogP contribution in [0.2, 0.25) is 0 Å². The molecule has 21 heavy (non-hydrogen) atoms. The molecule has 0 saturated heterocycles. The van der Waals surface area contributed by atoms with Crippen molar-refractivity contribution < 1.29 is 27.1 Å². The molecular formula is C14H17F4NO2. The molecule has 0 aliphatic carbocycles. The summed E-state index contributed by atoms with van der Waals surface area (Å²) in [5.41, 5.74) is 0.274. The molecule has 0 aliphatic heterocycles. The van der Waals surface area contributed by atoms with Crippen LogP contribution >= 0.6 is 0 Å². The maximum absolute atomic E-state index is 13.4. The van der Waals surface area contributed by atoms with Gasteiger partial charge in [-0.2, -0.15) is 0 Å². The first-order chi connectivity index (χ1) is 9.60. The van der Waals surface area contributed by atoms with Crippen molar-refractivity contribution in [2.45, 2.75) is 39.1 Å². The zero-order valence-corrected chi connectivity index (χ0v) is 11.9. The molecule has 0 bridgehead atoms. The van der Waals surface area contributed by atoms with E-state index in [-0.39, 0.29) is 23.9 Å². The van der Waals surface area contributed by atoms with Crippen LogP contribution in [0.3, 0.4) is 0 Å². The summed E-state index contributed by atoms with van der Waals surface area (Å²) in [6.45, 7) is 5.34. The van der Waals surface area contributed by atoms with Crippen molar-refractivity contribution in [3.8, 4) is 5.75 Å². The van der Waals surface area contributed by atoms with Gasteiger partial charge in [0.1, 0.15) is 5.78 Å². The Morgan fingerprint density at radius 1 is 1.33 bits per heavy atom. The van der Waals surface area contributed by atoms with Crippen LogP contribution in [0.15, 0.2) is 18.2 Å². The third-order valence-corrected chi connectivity index (χ3v) is 2.80. The SMILES string of the molecule is CC(=O)[C@H](CNC(C)C)c1ccc(F)c(OC(F)(F)F)c1. The third kappa shape index (κ3) is 5.71. The molecule has 7 heteroatoms. The van der Waals surface area contributed by atoms with Crippen LogP contribution in [0.1, 0.15) is 32.3 Å². The highest BCUT2D eigenvalue weighted by Gasteiger charge is 2.33. The number of halogens is 4. The number of ketones is 1. The lowest BCUT2D eigenvalue weighted by molar-refractivity contribution is -0.275. The Kier molecular flexibility index (Phi) is 5.71. The van der Waals surface area contributed by atoms with E-state index in [1.54, 1.807) is 0 Å². The average Bonchev–Trinajstić information content (AvgIpc) is 2.30. The minimum absolute atomic E-state index is 0.109. The molecule has 1 rings (SSSR count). The number of rotatable bonds is 6. The van der Waals surface area contributed by atoms with E-state index in [1.165, 1.54) is 13.0 Å². The molecule has 0 amide bonds. The van der Waals surface area contributed by atoms with Crippen LogP contribution in [0.25, 0.3) is 0 Å². The molecule has 0 saturated carbocycles. The minimum Gasteiger partial charge on any atom is -0.403 e. The topological polar surface area (TPSA) is 38.3 Å². The van der Waals surface area contributed by atoms with Crippen LogP contribution in [-0.2, 0) is 4.79 Å². The summed E-state index contributed by atoms with van der Waals surface area (Å²) in [7, 11) is 0. The highest BCUT2D eigenvalue weighted by atomic mass is 19.4. The van der Waals surface area contributed by atoms with Crippen molar-refractivity contribution in [3.05, 3.63) is 29.6 Å². The summed E-state index contributed by atoms with van der Waals surface area (Å²) in [5, 5.41) is 3.03. The van der Waals surface area contributed by atoms with Gasteiger partial charge < -0.3 is 10.1 Å². The second-order valence-corrected chi connectivity index (χ2v) is 4.96. The molecule has 3 nitrogen and oxygen atoms in total. The predicted octanol–water partition coefficient (Wildman–Crippen LogP) is 3.39. The van der Waals surface area contributed by atoms with Crippen molar-refractivity contribution in [1.29, 1.82) is 0 Å². The van der Waals surface area contributed by atoms with E-state index in [4.69, 9.17) is 0 Å². The number of benzene rings is 1. The number of hydrogen-bond acceptors (Lipinski definition) is 3. The summed E-state index contributed by atoms with van der Waals surface area (Å²) in [6, 6.07) is 3.17. The van der Waals surface area contributed by atoms with Crippen LogP contribution < -0.4 is 10.1 Å². The van der Waals surface area contributed by atoms with E-state index < -0.39 is 23.8 Å². The Balaban J connectivity index is 3.04. The number of alkyl halides is 3. The second-order valence-electron chi connectivity index (χ2n) is 4.96. The first-order valence-electron chi connectivity index (χ1n) is 6.39. The van der Waals surface area contributed by atoms with Gasteiger partial charge in [0.05, 0.1) is 5.92 Å². The molecule has 1 aromatic carbocycles. The smallest absolute Gasteiger partial charge is 0.403 e. The van der Waals surface area contributed by atoms with Gasteiger partial charge in [0.15, 0.2) is 11.6 Å². The van der Waals surface area contributed by atoms with E-state index in [0.29, 0.717) is 0 Å². The lowest BCUT2D eigenvalue weighted by Gasteiger charge is -2.18. The number of Topliss-reactive ketones (excluding diaryl/α,β-unsaturated/α-hetero) is 1. The molecule has 0 fully saturated rings. The maximum atomic E-state index is 13.4. The van der Waals surface area contributed by atoms with Crippen molar-refractivity contribution in [2.75, 3.05) is 6.54 Å². The molecule has 1 aromatic rings. The number of ether oxygens (including phenoxy) is 1. The Hall–Kier alpha value is -1.63. The molecule has 0 heterocycles. The van der Waals surface area contributed by atoms with Crippen molar-refractivity contribution in [1.82, 2.24) is 5.32 Å². The summed E-state index contributed by atoms with van der Waals surface area (Å²) in [4.78, 5) is 11.6. The van der Waals surface area contributed by atoms with Crippen LogP contribution in [-0.4, -0.2) is 24.7 Å². The number of nitrogens with one attached hydrogen (secondary N) is 1. The lowest BCUT2D eigenvalue weighted by Crippen LogP contribution is -2.30. The Bertz CT molecular complexity index is 500. The number of carbonyl (C=O) groups is 1. The van der Waals surface area contributed by atoms with Crippen molar-refractivity contribution >= 4 is 5.78 Å². The fourth-order valence-corrected chi connectivity index (χ4v) is 1.79. The zero-order chi connectivity index (χ0) is 16.2. The van der Waals surface area contributed by atoms with Gasteiger partial charge in [-0.05, 0) is 24.6 Å². The highest BCUT2D eigenvalue weighted by molar-refractivity contribution is 5.83. The van der Waals surface area contributed by atoms with Gasteiger partial charge in [-0.15, -0.1) is 13.2 Å². The standard InChI is InChI=1S/C14H17F4NO2/c1-8(2)19-7-11(9(3)20)10-4-5-12(15)13(6-10)21-14(16,17)18/h4-6,8,11,19H,7H2,1-3H3/t11-/m0/s1. The third-order valence-electron chi connectivity index (χ3n) is 2.80. The van der Waals surface area contributed by atoms with E-state index in [0.717, 1.165) is 12.1 Å². The highest BCUT2D eigenvalue weighted by Crippen LogP contribution is 2.29. The van der Waals surface area contributed by atoms with Gasteiger partial charge in [-0.25, -0.2) is 4.39 Å². The summed E-state index contributed by atoms with van der Waals surface area (Å²) < 4.78 is 53.6. The van der Waals surface area contributed by atoms with Gasteiger partial charge in [-0.3, -0.25) is 4.79 Å². The van der Waals surface area contributed by atoms with E-state index >= 15 is 0 Å². The number of carbonyl (C=O) groups excluding carboxylic acids is 1. The lowest BCUT2D eigenvalue weighted by atomic mass is 9.95. The monoisotopic (exact) mass is 307 g/mol. The zero-order valence-electron chi connectivity index (χ0n) is 11.9. The first-order valence-corrected chi connectivity index (χ1v) is 6.39. The van der Waals surface area contributed by atoms with Crippen LogP contribution in [0.5, 0.6) is 5.75 Å². The molecule has 0 aromatic heterocycles. The molecule has 0 radical (unpaired) electrons. The Morgan fingerprint density at radius 3 is 2.43 bits per heavy atom. The average molecular weight is 307 g/mol. The molecule has 1 N–H and O–H groups in total. The van der Waals surface area contributed by atoms with E-state index in [2.05, 4.69) is 10.1 Å². The first kappa shape index (κ1) is 17.4. The predicted molar refractivity (Wildman–Crippen MR) is 69.6 cm³/mol. The minimum atomic E-state index is -4.98. The van der Waals surface area contributed by atoms with Crippen molar-refractivity contribution in [3.63, 3.8) is 0 Å². The largest absolute Gasteiger partial charge is 0.573 e. The molecule has 0 unspecified atom stereocenters. The van der Waals surface area contributed by atoms with Gasteiger partial charge in [0.2, 0.25) is 0 Å².